The van der Waals surface area contributed by atoms with Gasteiger partial charge in [-0.2, -0.15) is 0 Å². The number of hydrogen-bond donors (Lipinski definition) is 1. The first-order valence-corrected chi connectivity index (χ1v) is 6.04. The minimum absolute atomic E-state index is 0.0190. The predicted molar refractivity (Wildman–Crippen MR) is 67.0 cm³/mol. The third-order valence-corrected chi connectivity index (χ3v) is 3.44. The lowest BCUT2D eigenvalue weighted by atomic mass is 9.89. The van der Waals surface area contributed by atoms with Gasteiger partial charge in [0, 0.05) is 0 Å². The molecule has 88 valence electrons. The molecule has 0 radical (unpaired) electrons. The Kier molecular flexibility index (Phi) is 2.94. The van der Waals surface area contributed by atoms with Crippen molar-refractivity contribution >= 4 is 0 Å². The summed E-state index contributed by atoms with van der Waals surface area (Å²) in [6.07, 6.45) is 3.17. The van der Waals surface area contributed by atoms with Crippen LogP contribution in [0, 0.1) is 6.92 Å². The average Bonchev–Trinajstić information content (AvgIpc) is 2.21. The Balaban J connectivity index is 2.37. The van der Waals surface area contributed by atoms with E-state index < -0.39 is 0 Å². The molecule has 0 spiro atoms. The molecule has 2 heteroatoms. The Labute approximate surface area is 97.8 Å². The highest BCUT2D eigenvalue weighted by Gasteiger charge is 2.27. The molecule has 2 rings (SSSR count). The third-order valence-electron chi connectivity index (χ3n) is 3.44. The van der Waals surface area contributed by atoms with E-state index >= 15 is 0 Å². The Morgan fingerprint density at radius 2 is 2.12 bits per heavy atom. The number of nitrogens with two attached hydrogens (primary N) is 1. The van der Waals surface area contributed by atoms with Gasteiger partial charge in [0.05, 0.1) is 0 Å². The maximum atomic E-state index is 6.00. The second-order valence-corrected chi connectivity index (χ2v) is 5.23. The number of benzene rings is 1. The van der Waals surface area contributed by atoms with Crippen molar-refractivity contribution in [1.82, 2.24) is 0 Å². The van der Waals surface area contributed by atoms with Gasteiger partial charge in [-0.15, -0.1) is 0 Å². The van der Waals surface area contributed by atoms with Gasteiger partial charge in [0.15, 0.2) is 0 Å². The zero-order chi connectivity index (χ0) is 11.8. The second kappa shape index (κ2) is 4.10. The highest BCUT2D eigenvalue weighted by atomic mass is 16.5. The number of rotatable bonds is 2. The van der Waals surface area contributed by atoms with Crippen LogP contribution in [0.15, 0.2) is 12.1 Å². The van der Waals surface area contributed by atoms with E-state index in [0.29, 0.717) is 6.54 Å². The normalized spacial score (nSPS) is 17.8. The molecule has 0 bridgehead atoms. The van der Waals surface area contributed by atoms with Crippen LogP contribution in [0.2, 0.25) is 0 Å². The molecule has 1 aromatic carbocycles. The molecule has 0 unspecified atom stereocenters. The van der Waals surface area contributed by atoms with Crippen molar-refractivity contribution < 1.29 is 4.74 Å². The maximum absolute atomic E-state index is 6.00. The summed E-state index contributed by atoms with van der Waals surface area (Å²) in [6.45, 7) is 7.20. The highest BCUT2D eigenvalue weighted by molar-refractivity contribution is 5.46. The van der Waals surface area contributed by atoms with Crippen molar-refractivity contribution in [2.75, 3.05) is 6.54 Å². The van der Waals surface area contributed by atoms with Crippen LogP contribution >= 0.6 is 0 Å². The van der Waals surface area contributed by atoms with Crippen molar-refractivity contribution in [2.45, 2.75) is 45.6 Å². The van der Waals surface area contributed by atoms with Gasteiger partial charge in [-0.05, 0) is 69.3 Å². The van der Waals surface area contributed by atoms with Gasteiger partial charge >= 0.3 is 0 Å². The summed E-state index contributed by atoms with van der Waals surface area (Å²) in [6, 6.07) is 4.26. The summed E-state index contributed by atoms with van der Waals surface area (Å²) in [5.41, 5.74) is 9.72. The van der Waals surface area contributed by atoms with Crippen molar-refractivity contribution in [3.8, 4) is 5.75 Å². The van der Waals surface area contributed by atoms with Gasteiger partial charge in [-0.25, -0.2) is 0 Å². The van der Waals surface area contributed by atoms with Gasteiger partial charge in [-0.3, -0.25) is 0 Å². The fraction of sp³-hybridized carbons (Fsp3) is 0.571. The zero-order valence-electron chi connectivity index (χ0n) is 10.5. The second-order valence-electron chi connectivity index (χ2n) is 5.23. The minimum atomic E-state index is -0.0190. The molecule has 0 saturated carbocycles. The summed E-state index contributed by atoms with van der Waals surface area (Å²) in [5, 5.41) is 0. The first-order chi connectivity index (χ1) is 7.53. The fourth-order valence-corrected chi connectivity index (χ4v) is 2.39. The minimum Gasteiger partial charge on any atom is -0.488 e. The molecule has 0 aliphatic carbocycles. The Bertz CT molecular complexity index is 396. The number of fused-ring (bicyclic) bond motifs is 1. The van der Waals surface area contributed by atoms with Crippen molar-refractivity contribution in [3.05, 3.63) is 28.8 Å². The van der Waals surface area contributed by atoms with Crippen LogP contribution in [0.25, 0.3) is 0 Å². The van der Waals surface area contributed by atoms with E-state index in [-0.39, 0.29) is 5.60 Å². The molecule has 1 aliphatic heterocycles. The van der Waals surface area contributed by atoms with E-state index in [1.165, 1.54) is 16.7 Å². The topological polar surface area (TPSA) is 35.2 Å². The van der Waals surface area contributed by atoms with E-state index in [4.69, 9.17) is 10.5 Å². The molecule has 0 saturated heterocycles. The fourth-order valence-electron chi connectivity index (χ4n) is 2.39. The molecular formula is C14H21NO. The van der Waals surface area contributed by atoms with E-state index in [0.717, 1.165) is 25.0 Å². The van der Waals surface area contributed by atoms with Crippen LogP contribution in [-0.4, -0.2) is 12.1 Å². The highest BCUT2D eigenvalue weighted by Crippen LogP contribution is 2.35. The molecule has 0 amide bonds. The lowest BCUT2D eigenvalue weighted by molar-refractivity contribution is 0.0844. The summed E-state index contributed by atoms with van der Waals surface area (Å²) >= 11 is 0. The first-order valence-electron chi connectivity index (χ1n) is 6.04. The molecule has 16 heavy (non-hydrogen) atoms. The predicted octanol–water partition coefficient (Wildman–Crippen LogP) is 2.60. The van der Waals surface area contributed by atoms with Crippen LogP contribution in [-0.2, 0) is 12.8 Å². The van der Waals surface area contributed by atoms with Gasteiger partial charge in [0.1, 0.15) is 11.4 Å². The van der Waals surface area contributed by atoms with Crippen LogP contribution in [0.1, 0.15) is 37.0 Å². The Morgan fingerprint density at radius 3 is 2.81 bits per heavy atom. The lowest BCUT2D eigenvalue weighted by Crippen LogP contribution is -2.33. The molecular weight excluding hydrogens is 198 g/mol. The standard InChI is InChI=1S/C14H21NO/c1-10-11(7-9-15)4-5-13-12(10)6-8-14(2,3)16-13/h4-5H,6-9,15H2,1-3H3. The van der Waals surface area contributed by atoms with Crippen LogP contribution < -0.4 is 10.5 Å². The smallest absolute Gasteiger partial charge is 0.123 e. The average molecular weight is 219 g/mol. The lowest BCUT2D eigenvalue weighted by Gasteiger charge is -2.33. The molecule has 1 heterocycles. The summed E-state index contributed by atoms with van der Waals surface area (Å²) in [5.74, 6) is 1.06. The van der Waals surface area contributed by atoms with E-state index in [9.17, 15) is 0 Å². The summed E-state index contributed by atoms with van der Waals surface area (Å²) in [4.78, 5) is 0. The van der Waals surface area contributed by atoms with E-state index in [2.05, 4.69) is 32.9 Å². The molecule has 0 aromatic heterocycles. The van der Waals surface area contributed by atoms with Crippen molar-refractivity contribution in [1.29, 1.82) is 0 Å². The summed E-state index contributed by atoms with van der Waals surface area (Å²) in [7, 11) is 0. The molecule has 1 aliphatic rings. The first kappa shape index (κ1) is 11.5. The zero-order valence-corrected chi connectivity index (χ0v) is 10.5. The monoisotopic (exact) mass is 219 g/mol. The maximum Gasteiger partial charge on any atom is 0.123 e. The van der Waals surface area contributed by atoms with Crippen molar-refractivity contribution in [3.63, 3.8) is 0 Å². The van der Waals surface area contributed by atoms with E-state index in [1.54, 1.807) is 0 Å². The largest absolute Gasteiger partial charge is 0.488 e. The van der Waals surface area contributed by atoms with Crippen LogP contribution in [0.5, 0.6) is 5.75 Å². The van der Waals surface area contributed by atoms with Crippen molar-refractivity contribution in [2.24, 2.45) is 5.73 Å². The van der Waals surface area contributed by atoms with Gasteiger partial charge in [0.25, 0.3) is 0 Å². The Hall–Kier alpha value is -1.02. The van der Waals surface area contributed by atoms with Crippen LogP contribution in [0.4, 0.5) is 0 Å². The number of hydrogen-bond acceptors (Lipinski definition) is 2. The third kappa shape index (κ3) is 2.07. The Morgan fingerprint density at radius 1 is 1.38 bits per heavy atom. The summed E-state index contributed by atoms with van der Waals surface area (Å²) < 4.78 is 6.00. The number of ether oxygens (including phenoxy) is 1. The van der Waals surface area contributed by atoms with Gasteiger partial charge in [0.2, 0.25) is 0 Å². The van der Waals surface area contributed by atoms with E-state index in [1.807, 2.05) is 0 Å². The van der Waals surface area contributed by atoms with Crippen LogP contribution in [0.3, 0.4) is 0 Å². The van der Waals surface area contributed by atoms with Gasteiger partial charge < -0.3 is 10.5 Å². The molecule has 0 fully saturated rings. The molecule has 0 atom stereocenters. The SMILES string of the molecule is Cc1c(CCN)ccc2c1CCC(C)(C)O2. The molecule has 2 N–H and O–H groups in total. The van der Waals surface area contributed by atoms with Gasteiger partial charge in [-0.1, -0.05) is 6.07 Å². The molecule has 2 nitrogen and oxygen atoms in total. The quantitative estimate of drug-likeness (QED) is 0.829. The molecule has 1 aromatic rings.